The zero-order valence-electron chi connectivity index (χ0n) is 12.1. The largest absolute Gasteiger partial charge is 0.468 e. The van der Waals surface area contributed by atoms with Crippen LogP contribution in [0, 0.1) is 0 Å². The molecule has 110 valence electrons. The van der Waals surface area contributed by atoms with Gasteiger partial charge in [-0.05, 0) is 46.1 Å². The lowest BCUT2D eigenvalue weighted by Crippen LogP contribution is -2.23. The highest BCUT2D eigenvalue weighted by Gasteiger charge is 2.10. The molecule has 2 aromatic heterocycles. The number of hydrogen-bond donors (Lipinski definition) is 1. The van der Waals surface area contributed by atoms with Gasteiger partial charge in [0.25, 0.3) is 0 Å². The van der Waals surface area contributed by atoms with Crippen LogP contribution in [0.15, 0.2) is 32.0 Å². The number of halogens is 1. The van der Waals surface area contributed by atoms with Gasteiger partial charge in [-0.25, -0.2) is 0 Å². The van der Waals surface area contributed by atoms with E-state index >= 15 is 0 Å². The first-order valence-corrected chi connectivity index (χ1v) is 8.42. The first-order valence-electron chi connectivity index (χ1n) is 6.74. The second kappa shape index (κ2) is 7.41. The van der Waals surface area contributed by atoms with Crippen LogP contribution in [0.4, 0.5) is 0 Å². The van der Waals surface area contributed by atoms with E-state index in [1.165, 1.54) is 14.9 Å². The predicted octanol–water partition coefficient (Wildman–Crippen LogP) is 4.23. The molecule has 0 fully saturated rings. The van der Waals surface area contributed by atoms with Gasteiger partial charge >= 0.3 is 0 Å². The van der Waals surface area contributed by atoms with E-state index < -0.39 is 0 Å². The van der Waals surface area contributed by atoms with Crippen LogP contribution >= 0.6 is 27.3 Å². The molecule has 2 aromatic rings. The molecule has 0 saturated carbocycles. The van der Waals surface area contributed by atoms with E-state index in [1.807, 2.05) is 0 Å². The molecule has 0 aliphatic heterocycles. The summed E-state index contributed by atoms with van der Waals surface area (Å²) in [5, 5.41) is 5.59. The molecule has 0 aromatic carbocycles. The number of thiophene rings is 1. The molecule has 0 radical (unpaired) electrons. The van der Waals surface area contributed by atoms with E-state index in [2.05, 4.69) is 64.6 Å². The Labute approximate surface area is 133 Å². The van der Waals surface area contributed by atoms with Crippen LogP contribution in [0.1, 0.15) is 30.7 Å². The molecule has 1 N–H and O–H groups in total. The molecule has 0 bridgehead atoms. The standard InChI is InChI=1S/C15H21BrN2OS/c1-11(2)17-7-14-13(4-5-19-14)9-18(3)8-12-6-15(16)20-10-12/h4-6,10-11,17H,7-9H2,1-3H3. The topological polar surface area (TPSA) is 28.4 Å². The molecular weight excluding hydrogens is 336 g/mol. The smallest absolute Gasteiger partial charge is 0.122 e. The average Bonchev–Trinajstić information content (AvgIpc) is 2.96. The first kappa shape index (κ1) is 15.8. The lowest BCUT2D eigenvalue weighted by atomic mass is 10.2. The fourth-order valence-electron chi connectivity index (χ4n) is 2.05. The van der Waals surface area contributed by atoms with Gasteiger partial charge < -0.3 is 9.73 Å². The Kier molecular flexibility index (Phi) is 5.84. The van der Waals surface area contributed by atoms with Crippen LogP contribution in [0.25, 0.3) is 0 Å². The van der Waals surface area contributed by atoms with E-state index in [-0.39, 0.29) is 0 Å². The Bertz CT molecular complexity index is 535. The Morgan fingerprint density at radius 3 is 2.85 bits per heavy atom. The van der Waals surface area contributed by atoms with Gasteiger partial charge in [0.1, 0.15) is 5.76 Å². The van der Waals surface area contributed by atoms with Gasteiger partial charge in [-0.2, -0.15) is 0 Å². The second-order valence-corrected chi connectivity index (χ2v) is 7.63. The van der Waals surface area contributed by atoms with Crippen LogP contribution in [0.2, 0.25) is 0 Å². The highest BCUT2D eigenvalue weighted by atomic mass is 79.9. The van der Waals surface area contributed by atoms with Gasteiger partial charge in [-0.3, -0.25) is 4.90 Å². The van der Waals surface area contributed by atoms with Crippen molar-refractivity contribution in [3.8, 4) is 0 Å². The molecule has 0 unspecified atom stereocenters. The van der Waals surface area contributed by atoms with Gasteiger partial charge in [0.15, 0.2) is 0 Å². The maximum Gasteiger partial charge on any atom is 0.122 e. The van der Waals surface area contributed by atoms with Gasteiger partial charge in [-0.15, -0.1) is 11.3 Å². The number of furan rings is 1. The van der Waals surface area contributed by atoms with Gasteiger partial charge in [0, 0.05) is 24.7 Å². The van der Waals surface area contributed by atoms with Crippen LogP contribution < -0.4 is 5.32 Å². The van der Waals surface area contributed by atoms with Gasteiger partial charge in [0.05, 0.1) is 16.6 Å². The quantitative estimate of drug-likeness (QED) is 0.804. The van der Waals surface area contributed by atoms with Crippen molar-refractivity contribution in [1.82, 2.24) is 10.2 Å². The summed E-state index contributed by atoms with van der Waals surface area (Å²) >= 11 is 5.24. The lowest BCUT2D eigenvalue weighted by Gasteiger charge is -2.16. The third-order valence-electron chi connectivity index (χ3n) is 3.02. The van der Waals surface area contributed by atoms with Crippen molar-refractivity contribution in [2.45, 2.75) is 39.5 Å². The fourth-order valence-corrected chi connectivity index (χ4v) is 3.25. The lowest BCUT2D eigenvalue weighted by molar-refractivity contribution is 0.314. The highest BCUT2D eigenvalue weighted by Crippen LogP contribution is 2.22. The highest BCUT2D eigenvalue weighted by molar-refractivity contribution is 9.11. The Balaban J connectivity index is 1.90. The first-order chi connectivity index (χ1) is 9.54. The maximum atomic E-state index is 5.58. The molecule has 0 spiro atoms. The number of hydrogen-bond acceptors (Lipinski definition) is 4. The Morgan fingerprint density at radius 1 is 1.40 bits per heavy atom. The van der Waals surface area contributed by atoms with Crippen molar-refractivity contribution < 1.29 is 4.42 Å². The minimum atomic E-state index is 0.467. The van der Waals surface area contributed by atoms with Crippen LogP contribution in [0.5, 0.6) is 0 Å². The van der Waals surface area contributed by atoms with Crippen LogP contribution in [0.3, 0.4) is 0 Å². The van der Waals surface area contributed by atoms with Crippen molar-refractivity contribution in [1.29, 1.82) is 0 Å². The van der Waals surface area contributed by atoms with E-state index in [0.717, 1.165) is 25.4 Å². The van der Waals surface area contributed by atoms with Crippen molar-refractivity contribution >= 4 is 27.3 Å². The summed E-state index contributed by atoms with van der Waals surface area (Å²) in [5.41, 5.74) is 2.60. The third-order valence-corrected chi connectivity index (χ3v) is 4.58. The average molecular weight is 357 g/mol. The monoisotopic (exact) mass is 356 g/mol. The zero-order valence-corrected chi connectivity index (χ0v) is 14.6. The summed E-state index contributed by atoms with van der Waals surface area (Å²) in [7, 11) is 2.14. The molecule has 2 rings (SSSR count). The predicted molar refractivity (Wildman–Crippen MR) is 87.9 cm³/mol. The minimum Gasteiger partial charge on any atom is -0.468 e. The normalized spacial score (nSPS) is 11.7. The molecule has 0 aliphatic rings. The van der Waals surface area contributed by atoms with E-state index in [0.29, 0.717) is 6.04 Å². The molecule has 0 saturated heterocycles. The van der Waals surface area contributed by atoms with E-state index in [9.17, 15) is 0 Å². The molecule has 0 atom stereocenters. The molecule has 3 nitrogen and oxygen atoms in total. The Morgan fingerprint density at radius 2 is 2.20 bits per heavy atom. The zero-order chi connectivity index (χ0) is 14.5. The molecule has 0 amide bonds. The van der Waals surface area contributed by atoms with Crippen LogP contribution in [-0.2, 0) is 19.6 Å². The third kappa shape index (κ3) is 4.74. The summed E-state index contributed by atoms with van der Waals surface area (Å²) in [6.45, 7) is 6.92. The Hall–Kier alpha value is -0.620. The maximum absolute atomic E-state index is 5.58. The number of rotatable bonds is 7. The summed E-state index contributed by atoms with van der Waals surface area (Å²) in [6.07, 6.45) is 1.78. The minimum absolute atomic E-state index is 0.467. The van der Waals surface area contributed by atoms with E-state index in [1.54, 1.807) is 17.6 Å². The van der Waals surface area contributed by atoms with E-state index in [4.69, 9.17) is 4.42 Å². The SMILES string of the molecule is CC(C)NCc1occc1CN(C)Cc1csc(Br)c1. The second-order valence-electron chi connectivity index (χ2n) is 5.34. The molecular formula is C15H21BrN2OS. The number of nitrogens with one attached hydrogen (secondary N) is 1. The summed E-state index contributed by atoms with van der Waals surface area (Å²) < 4.78 is 6.76. The van der Waals surface area contributed by atoms with Crippen molar-refractivity contribution in [2.24, 2.45) is 0 Å². The van der Waals surface area contributed by atoms with Gasteiger partial charge in [0.2, 0.25) is 0 Å². The summed E-state index contributed by atoms with van der Waals surface area (Å²) in [6, 6.07) is 4.71. The fraction of sp³-hybridized carbons (Fsp3) is 0.467. The van der Waals surface area contributed by atoms with Crippen LogP contribution in [-0.4, -0.2) is 18.0 Å². The summed E-state index contributed by atoms with van der Waals surface area (Å²) in [5.74, 6) is 1.04. The molecule has 20 heavy (non-hydrogen) atoms. The molecule has 2 heterocycles. The van der Waals surface area contributed by atoms with Crippen molar-refractivity contribution in [2.75, 3.05) is 7.05 Å². The van der Waals surface area contributed by atoms with Crippen molar-refractivity contribution in [3.63, 3.8) is 0 Å². The number of nitrogens with zero attached hydrogens (tertiary/aromatic N) is 1. The molecule has 5 heteroatoms. The van der Waals surface area contributed by atoms with Gasteiger partial charge in [-0.1, -0.05) is 13.8 Å². The summed E-state index contributed by atoms with van der Waals surface area (Å²) in [4.78, 5) is 2.30. The van der Waals surface area contributed by atoms with Crippen molar-refractivity contribution in [3.05, 3.63) is 44.4 Å². The molecule has 0 aliphatic carbocycles.